The third kappa shape index (κ3) is 2.98. The van der Waals surface area contributed by atoms with Crippen LogP contribution >= 0.6 is 0 Å². The molecule has 1 saturated carbocycles. The Bertz CT molecular complexity index is 712. The van der Waals surface area contributed by atoms with Gasteiger partial charge >= 0.3 is 0 Å². The predicted molar refractivity (Wildman–Crippen MR) is 100 cm³/mol. The first-order chi connectivity index (χ1) is 11.5. The molecule has 126 valence electrons. The average Bonchev–Trinajstić information content (AvgIpc) is 3.08. The molecule has 0 spiro atoms. The first-order valence-corrected chi connectivity index (χ1v) is 9.01. The van der Waals surface area contributed by atoms with Gasteiger partial charge in [-0.1, -0.05) is 75.2 Å². The van der Waals surface area contributed by atoms with Crippen LogP contribution < -0.4 is 5.32 Å². The lowest BCUT2D eigenvalue weighted by molar-refractivity contribution is -0.121. The summed E-state index contributed by atoms with van der Waals surface area (Å²) < 4.78 is 0. The van der Waals surface area contributed by atoms with Crippen LogP contribution in [0.5, 0.6) is 0 Å². The first-order valence-electron chi connectivity index (χ1n) is 9.01. The fourth-order valence-electron chi connectivity index (χ4n) is 3.96. The molecular weight excluding hydrogens is 294 g/mol. The van der Waals surface area contributed by atoms with E-state index in [1.807, 2.05) is 18.2 Å². The zero-order valence-electron chi connectivity index (χ0n) is 14.9. The zero-order valence-corrected chi connectivity index (χ0v) is 14.9. The number of para-hydroxylation sites is 1. The summed E-state index contributed by atoms with van der Waals surface area (Å²) in [6.45, 7) is 6.42. The summed E-state index contributed by atoms with van der Waals surface area (Å²) in [5.41, 5.74) is 4.12. The Morgan fingerprint density at radius 3 is 2.29 bits per heavy atom. The summed E-state index contributed by atoms with van der Waals surface area (Å²) in [4.78, 5) is 13.4. The van der Waals surface area contributed by atoms with Gasteiger partial charge in [-0.15, -0.1) is 0 Å². The molecule has 0 radical (unpaired) electrons. The molecule has 0 aromatic heterocycles. The topological polar surface area (TPSA) is 29.1 Å². The molecule has 2 aromatic rings. The van der Waals surface area contributed by atoms with E-state index in [0.717, 1.165) is 42.5 Å². The van der Waals surface area contributed by atoms with Crippen molar-refractivity contribution in [1.82, 2.24) is 0 Å². The van der Waals surface area contributed by atoms with Crippen molar-refractivity contribution < 1.29 is 4.79 Å². The van der Waals surface area contributed by atoms with Crippen LogP contribution in [0.2, 0.25) is 0 Å². The van der Waals surface area contributed by atoms with Crippen LogP contribution in [-0.4, -0.2) is 5.91 Å². The van der Waals surface area contributed by atoms with Crippen molar-refractivity contribution in [3.05, 3.63) is 65.2 Å². The molecule has 0 unspecified atom stereocenters. The van der Waals surface area contributed by atoms with Gasteiger partial charge in [-0.3, -0.25) is 4.79 Å². The molecule has 3 rings (SSSR count). The standard InChI is InChI=1S/C22H27NO/c1-16(2)19-13-9-10-17(3)20(19)23-21(24)22(14-7-8-15-22)18-11-5-4-6-12-18/h4-6,9-13,16H,7-8,14-15H2,1-3H3,(H,23,24). The Labute approximate surface area is 145 Å². The van der Waals surface area contributed by atoms with E-state index >= 15 is 0 Å². The van der Waals surface area contributed by atoms with Gasteiger partial charge in [0.1, 0.15) is 0 Å². The highest BCUT2D eigenvalue weighted by atomic mass is 16.2. The molecule has 1 aliphatic carbocycles. The van der Waals surface area contributed by atoms with Crippen LogP contribution in [-0.2, 0) is 10.2 Å². The number of aryl methyl sites for hydroxylation is 1. The number of benzene rings is 2. The molecule has 0 atom stereocenters. The molecule has 2 aromatic carbocycles. The summed E-state index contributed by atoms with van der Waals surface area (Å²) in [7, 11) is 0. The summed E-state index contributed by atoms with van der Waals surface area (Å²) in [5.74, 6) is 0.541. The van der Waals surface area contributed by atoms with Gasteiger partial charge in [0, 0.05) is 5.69 Å². The number of rotatable bonds is 4. The fraction of sp³-hybridized carbons (Fsp3) is 0.409. The SMILES string of the molecule is Cc1cccc(C(C)C)c1NC(=O)C1(c2ccccc2)CCCC1. The Kier molecular flexibility index (Phi) is 4.75. The highest BCUT2D eigenvalue weighted by Crippen LogP contribution is 2.42. The van der Waals surface area contributed by atoms with Gasteiger partial charge < -0.3 is 5.32 Å². The molecule has 1 aliphatic rings. The van der Waals surface area contributed by atoms with Crippen molar-refractivity contribution in [2.75, 3.05) is 5.32 Å². The second kappa shape index (κ2) is 6.80. The molecule has 1 fully saturated rings. The summed E-state index contributed by atoms with van der Waals surface area (Å²) >= 11 is 0. The van der Waals surface area contributed by atoms with Gasteiger partial charge in [0.05, 0.1) is 5.41 Å². The van der Waals surface area contributed by atoms with Gasteiger partial charge in [-0.25, -0.2) is 0 Å². The molecular formula is C22H27NO. The molecule has 2 heteroatoms. The van der Waals surface area contributed by atoms with E-state index in [1.165, 1.54) is 5.56 Å². The van der Waals surface area contributed by atoms with Gasteiger partial charge in [-0.2, -0.15) is 0 Å². The molecule has 0 bridgehead atoms. The van der Waals surface area contributed by atoms with E-state index in [1.54, 1.807) is 0 Å². The minimum atomic E-state index is -0.377. The Morgan fingerprint density at radius 2 is 1.67 bits per heavy atom. The summed E-state index contributed by atoms with van der Waals surface area (Å²) in [6, 6.07) is 16.6. The fourth-order valence-corrected chi connectivity index (χ4v) is 3.96. The quantitative estimate of drug-likeness (QED) is 0.783. The summed E-state index contributed by atoms with van der Waals surface area (Å²) in [5, 5.41) is 3.30. The van der Waals surface area contributed by atoms with E-state index in [9.17, 15) is 4.79 Å². The minimum absolute atomic E-state index is 0.155. The van der Waals surface area contributed by atoms with Crippen LogP contribution in [0.15, 0.2) is 48.5 Å². The Hall–Kier alpha value is -2.09. The van der Waals surface area contributed by atoms with Crippen molar-refractivity contribution in [3.63, 3.8) is 0 Å². The van der Waals surface area contributed by atoms with Crippen molar-refractivity contribution in [3.8, 4) is 0 Å². The van der Waals surface area contributed by atoms with Crippen molar-refractivity contribution in [2.24, 2.45) is 0 Å². The van der Waals surface area contributed by atoms with E-state index in [-0.39, 0.29) is 11.3 Å². The average molecular weight is 321 g/mol. The number of anilines is 1. The van der Waals surface area contributed by atoms with Crippen molar-refractivity contribution in [2.45, 2.75) is 57.8 Å². The van der Waals surface area contributed by atoms with Crippen molar-refractivity contribution >= 4 is 11.6 Å². The third-order valence-corrected chi connectivity index (χ3v) is 5.38. The Morgan fingerprint density at radius 1 is 1.00 bits per heavy atom. The van der Waals surface area contributed by atoms with Gasteiger partial charge in [0.15, 0.2) is 0 Å². The van der Waals surface area contributed by atoms with E-state index < -0.39 is 0 Å². The number of hydrogen-bond donors (Lipinski definition) is 1. The van der Waals surface area contributed by atoms with E-state index in [0.29, 0.717) is 5.92 Å². The molecule has 1 amide bonds. The largest absolute Gasteiger partial charge is 0.325 e. The predicted octanol–water partition coefficient (Wildman–Crippen LogP) is 5.57. The van der Waals surface area contributed by atoms with Gasteiger partial charge in [0.2, 0.25) is 5.91 Å². The second-order valence-electron chi connectivity index (χ2n) is 7.30. The second-order valence-corrected chi connectivity index (χ2v) is 7.30. The number of hydrogen-bond acceptors (Lipinski definition) is 1. The maximum atomic E-state index is 13.4. The van der Waals surface area contributed by atoms with Crippen LogP contribution in [0, 0.1) is 6.92 Å². The highest BCUT2D eigenvalue weighted by molar-refractivity contribution is 6.00. The Balaban J connectivity index is 1.97. The maximum Gasteiger partial charge on any atom is 0.235 e. The third-order valence-electron chi connectivity index (χ3n) is 5.38. The number of nitrogens with one attached hydrogen (secondary N) is 1. The zero-order chi connectivity index (χ0) is 17.2. The molecule has 0 heterocycles. The van der Waals surface area contributed by atoms with Crippen LogP contribution in [0.4, 0.5) is 5.69 Å². The lowest BCUT2D eigenvalue weighted by Gasteiger charge is -2.29. The van der Waals surface area contributed by atoms with Crippen molar-refractivity contribution in [1.29, 1.82) is 0 Å². The maximum absolute atomic E-state index is 13.4. The first kappa shape index (κ1) is 16.8. The summed E-state index contributed by atoms with van der Waals surface area (Å²) in [6.07, 6.45) is 4.11. The highest BCUT2D eigenvalue weighted by Gasteiger charge is 2.42. The van der Waals surface area contributed by atoms with Crippen LogP contribution in [0.1, 0.15) is 62.1 Å². The van der Waals surface area contributed by atoms with Gasteiger partial charge in [-0.05, 0) is 42.4 Å². The van der Waals surface area contributed by atoms with Crippen LogP contribution in [0.3, 0.4) is 0 Å². The molecule has 0 aliphatic heterocycles. The number of carbonyl (C=O) groups excluding carboxylic acids is 1. The molecule has 24 heavy (non-hydrogen) atoms. The lowest BCUT2D eigenvalue weighted by atomic mass is 9.77. The smallest absolute Gasteiger partial charge is 0.235 e. The monoisotopic (exact) mass is 321 g/mol. The molecule has 2 nitrogen and oxygen atoms in total. The van der Waals surface area contributed by atoms with Crippen LogP contribution in [0.25, 0.3) is 0 Å². The number of amides is 1. The lowest BCUT2D eigenvalue weighted by Crippen LogP contribution is -2.38. The normalized spacial score (nSPS) is 16.3. The molecule has 1 N–H and O–H groups in total. The minimum Gasteiger partial charge on any atom is -0.325 e. The molecule has 0 saturated heterocycles. The van der Waals surface area contributed by atoms with E-state index in [2.05, 4.69) is 56.4 Å². The number of carbonyl (C=O) groups is 1. The van der Waals surface area contributed by atoms with Gasteiger partial charge in [0.25, 0.3) is 0 Å². The van der Waals surface area contributed by atoms with E-state index in [4.69, 9.17) is 0 Å².